The maximum absolute atomic E-state index is 14.2. The highest BCUT2D eigenvalue weighted by atomic mass is 19.1. The van der Waals surface area contributed by atoms with E-state index in [4.69, 9.17) is 0 Å². The van der Waals surface area contributed by atoms with Crippen molar-refractivity contribution in [2.45, 2.75) is 0 Å². The number of hydrogen-bond acceptors (Lipinski definition) is 0. The van der Waals surface area contributed by atoms with Gasteiger partial charge in [0.2, 0.25) is 5.71 Å². The lowest BCUT2D eigenvalue weighted by Crippen LogP contribution is -2.74. The molecule has 0 aliphatic carbocycles. The number of halogens is 1. The molecule has 5 heteroatoms. The van der Waals surface area contributed by atoms with Crippen LogP contribution in [0.5, 0.6) is 0 Å². The molecular formula is C12H12BFN3+. The number of hydrogen-bond donors (Lipinski definition) is 1. The van der Waals surface area contributed by atoms with Crippen LogP contribution in [0.3, 0.4) is 0 Å². The maximum Gasteiger partial charge on any atom is 0.596 e. The summed E-state index contributed by atoms with van der Waals surface area (Å²) < 4.78 is 17.4. The molecule has 0 saturated heterocycles. The smallest absolute Gasteiger partial charge is 0.337 e. The number of aromatic nitrogens is 2. The normalized spacial score (nSPS) is 13.2. The summed E-state index contributed by atoms with van der Waals surface area (Å²) >= 11 is 0. The van der Waals surface area contributed by atoms with Gasteiger partial charge in [-0.25, -0.2) is 4.99 Å². The van der Waals surface area contributed by atoms with Crippen molar-refractivity contribution in [2.75, 3.05) is 6.54 Å². The van der Waals surface area contributed by atoms with E-state index in [0.29, 0.717) is 6.54 Å². The summed E-state index contributed by atoms with van der Waals surface area (Å²) in [7, 11) is -1.17. The second-order valence-electron chi connectivity index (χ2n) is 3.96. The summed E-state index contributed by atoms with van der Waals surface area (Å²) in [6.45, 7) is 4.34. The second kappa shape index (κ2) is 3.77. The number of rotatable bonds is 2. The fourth-order valence-electron chi connectivity index (χ4n) is 2.20. The van der Waals surface area contributed by atoms with E-state index in [1.54, 1.807) is 27.4 Å². The van der Waals surface area contributed by atoms with Gasteiger partial charge in [-0.1, -0.05) is 6.58 Å². The highest BCUT2D eigenvalue weighted by Gasteiger charge is 2.35. The van der Waals surface area contributed by atoms with Crippen LogP contribution >= 0.6 is 0 Å². The van der Waals surface area contributed by atoms with E-state index in [9.17, 15) is 4.32 Å². The third-order valence-electron chi connectivity index (χ3n) is 2.95. The van der Waals surface area contributed by atoms with Gasteiger partial charge in [0, 0.05) is 0 Å². The van der Waals surface area contributed by atoms with Crippen molar-refractivity contribution in [1.29, 1.82) is 0 Å². The molecule has 1 N–H and O–H groups in total. The van der Waals surface area contributed by atoms with Crippen LogP contribution in [-0.4, -0.2) is 28.5 Å². The molecule has 1 aliphatic rings. The van der Waals surface area contributed by atoms with Crippen molar-refractivity contribution in [3.05, 3.63) is 60.7 Å². The zero-order chi connectivity index (χ0) is 11.8. The molecule has 3 heterocycles. The Balaban J connectivity index is 2.21. The lowest BCUT2D eigenvalue weighted by molar-refractivity contribution is -0.443. The molecular weight excluding hydrogens is 216 g/mol. The van der Waals surface area contributed by atoms with Crippen LogP contribution in [0.4, 0.5) is 4.32 Å². The standard InChI is InChI=1S/C12H11BFN3/c1-2-7-15-12-10-5-3-8-16(10)13(14)17-9-4-6-11(12)17/h2-6,8-9H,1,7H2/p+1. The first kappa shape index (κ1) is 10.1. The Morgan fingerprint density at radius 2 is 1.82 bits per heavy atom. The topological polar surface area (TPSA) is 23.8 Å². The van der Waals surface area contributed by atoms with E-state index in [2.05, 4.69) is 11.6 Å². The van der Waals surface area contributed by atoms with Gasteiger partial charge in [0.15, 0.2) is 6.54 Å². The van der Waals surface area contributed by atoms with Gasteiger partial charge in [-0.2, -0.15) is 0 Å². The molecule has 0 amide bonds. The van der Waals surface area contributed by atoms with Crippen LogP contribution in [0.2, 0.25) is 0 Å². The predicted octanol–water partition coefficient (Wildman–Crippen LogP) is 0.0578. The van der Waals surface area contributed by atoms with Crippen LogP contribution in [0.1, 0.15) is 11.4 Å². The molecule has 1 aliphatic heterocycles. The fourth-order valence-corrected chi connectivity index (χ4v) is 2.20. The van der Waals surface area contributed by atoms with Gasteiger partial charge < -0.3 is 8.96 Å². The monoisotopic (exact) mass is 228 g/mol. The average molecular weight is 228 g/mol. The molecule has 0 spiro atoms. The number of nitrogens with one attached hydrogen (secondary N) is 1. The zero-order valence-electron chi connectivity index (χ0n) is 9.31. The average Bonchev–Trinajstić information content (AvgIpc) is 2.97. The summed E-state index contributed by atoms with van der Waals surface area (Å²) in [4.78, 5) is 3.27. The van der Waals surface area contributed by atoms with Crippen molar-refractivity contribution in [3.8, 4) is 0 Å². The highest BCUT2D eigenvalue weighted by molar-refractivity contribution is 6.50. The summed E-state index contributed by atoms with van der Waals surface area (Å²) in [5.74, 6) is 0. The largest absolute Gasteiger partial charge is 0.596 e. The van der Waals surface area contributed by atoms with Crippen molar-refractivity contribution >= 4 is 13.0 Å². The third kappa shape index (κ3) is 1.39. The SMILES string of the molecule is C=CC[NH+]=C1c2cccn2B(F)n2cccc21. The molecule has 2 aromatic rings. The lowest BCUT2D eigenvalue weighted by Gasteiger charge is -2.18. The molecule has 3 rings (SSSR count). The Kier molecular flexibility index (Phi) is 2.25. The van der Waals surface area contributed by atoms with E-state index >= 15 is 0 Å². The Labute approximate surface area is 99.1 Å². The lowest BCUT2D eigenvalue weighted by atomic mass is 9.97. The van der Waals surface area contributed by atoms with Gasteiger partial charge in [-0.3, -0.25) is 4.32 Å². The van der Waals surface area contributed by atoms with Crippen molar-refractivity contribution < 1.29 is 9.31 Å². The molecule has 3 nitrogen and oxygen atoms in total. The van der Waals surface area contributed by atoms with Crippen LogP contribution in [-0.2, 0) is 0 Å². The molecule has 0 fully saturated rings. The summed E-state index contributed by atoms with van der Waals surface area (Å²) in [5.41, 5.74) is 2.67. The Bertz CT molecular complexity index is 552. The molecule has 0 radical (unpaired) electrons. The van der Waals surface area contributed by atoms with Gasteiger partial charge in [0.05, 0.1) is 0 Å². The second-order valence-corrected chi connectivity index (χ2v) is 3.96. The van der Waals surface area contributed by atoms with Gasteiger partial charge in [0.25, 0.3) is 0 Å². The number of nitrogens with zero attached hydrogens (tertiary/aromatic N) is 2. The third-order valence-corrected chi connectivity index (χ3v) is 2.95. The Morgan fingerprint density at radius 1 is 1.24 bits per heavy atom. The minimum absolute atomic E-state index is 0.655. The fraction of sp³-hybridized carbons (Fsp3) is 0.0833. The van der Waals surface area contributed by atoms with Crippen LogP contribution in [0, 0.1) is 0 Å². The molecule has 17 heavy (non-hydrogen) atoms. The quantitative estimate of drug-likeness (QED) is 0.555. The molecule has 84 valence electrons. The molecule has 0 unspecified atom stereocenters. The van der Waals surface area contributed by atoms with E-state index in [1.807, 2.05) is 24.3 Å². The highest BCUT2D eigenvalue weighted by Crippen LogP contribution is 2.18. The van der Waals surface area contributed by atoms with Crippen LogP contribution in [0.25, 0.3) is 0 Å². The number of fused-ring (bicyclic) bond motifs is 2. The van der Waals surface area contributed by atoms with E-state index < -0.39 is 7.26 Å². The van der Waals surface area contributed by atoms with Gasteiger partial charge in [-0.15, -0.1) is 0 Å². The summed E-state index contributed by atoms with van der Waals surface area (Å²) in [5, 5.41) is 0. The van der Waals surface area contributed by atoms with Crippen molar-refractivity contribution in [1.82, 2.24) is 8.96 Å². The first-order valence-electron chi connectivity index (χ1n) is 5.53. The predicted molar refractivity (Wildman–Crippen MR) is 65.8 cm³/mol. The van der Waals surface area contributed by atoms with E-state index in [-0.39, 0.29) is 0 Å². The molecule has 0 saturated carbocycles. The first-order valence-corrected chi connectivity index (χ1v) is 5.53. The summed E-state index contributed by atoms with van der Waals surface area (Å²) in [6.07, 6.45) is 5.28. The van der Waals surface area contributed by atoms with Crippen LogP contribution in [0.15, 0.2) is 49.3 Å². The van der Waals surface area contributed by atoms with Crippen molar-refractivity contribution in [3.63, 3.8) is 0 Å². The minimum atomic E-state index is -1.17. The molecule has 2 aromatic heterocycles. The maximum atomic E-state index is 14.2. The minimum Gasteiger partial charge on any atom is -0.337 e. The van der Waals surface area contributed by atoms with Gasteiger partial charge in [0.1, 0.15) is 11.4 Å². The van der Waals surface area contributed by atoms with Gasteiger partial charge >= 0.3 is 7.26 Å². The molecule has 0 atom stereocenters. The van der Waals surface area contributed by atoms with Crippen molar-refractivity contribution in [2.24, 2.45) is 0 Å². The van der Waals surface area contributed by atoms with E-state index in [1.165, 1.54) is 0 Å². The Hall–Kier alpha value is -2.04. The Morgan fingerprint density at radius 3 is 2.35 bits per heavy atom. The first-order chi connectivity index (χ1) is 8.33. The zero-order valence-corrected chi connectivity index (χ0v) is 9.31. The molecule has 0 aromatic carbocycles. The summed E-state index contributed by atoms with van der Waals surface area (Å²) in [6, 6.07) is 7.52. The molecule has 0 bridgehead atoms. The van der Waals surface area contributed by atoms with Crippen LogP contribution < -0.4 is 4.99 Å². The van der Waals surface area contributed by atoms with E-state index in [0.717, 1.165) is 17.1 Å². The van der Waals surface area contributed by atoms with Gasteiger partial charge in [-0.05, 0) is 42.7 Å².